The third-order valence-electron chi connectivity index (χ3n) is 3.77. The van der Waals surface area contributed by atoms with Gasteiger partial charge in [-0.1, -0.05) is 12.1 Å². The number of nitrogens with one attached hydrogen (secondary N) is 1. The molecule has 5 nitrogen and oxygen atoms in total. The molecule has 1 aromatic carbocycles. The molecule has 1 aliphatic carbocycles. The molecule has 0 radical (unpaired) electrons. The maximum atomic E-state index is 10.5. The molecule has 0 aromatic heterocycles. The van der Waals surface area contributed by atoms with Crippen molar-refractivity contribution in [2.45, 2.75) is 25.8 Å². The number of hydrogen-bond acceptors (Lipinski definition) is 4. The van der Waals surface area contributed by atoms with E-state index in [2.05, 4.69) is 5.32 Å². The van der Waals surface area contributed by atoms with Crippen LogP contribution in [0.4, 0.5) is 5.69 Å². The molecule has 1 aromatic rings. The summed E-state index contributed by atoms with van der Waals surface area (Å²) >= 11 is 0. The zero-order chi connectivity index (χ0) is 13.7. The minimum Gasteiger partial charge on any atom is -0.385 e. The van der Waals surface area contributed by atoms with E-state index in [-0.39, 0.29) is 10.6 Å². The summed E-state index contributed by atoms with van der Waals surface area (Å²) < 4.78 is 5.13. The van der Waals surface area contributed by atoms with Gasteiger partial charge in [-0.3, -0.25) is 10.1 Å². The summed E-state index contributed by atoms with van der Waals surface area (Å²) in [5.74, 6) is 0. The fourth-order valence-electron chi connectivity index (χ4n) is 2.22. The minimum absolute atomic E-state index is 0.141. The summed E-state index contributed by atoms with van der Waals surface area (Å²) in [6, 6.07) is 6.71. The number of nitro groups is 1. The molecule has 0 atom stereocenters. The van der Waals surface area contributed by atoms with Crippen molar-refractivity contribution in [3.8, 4) is 0 Å². The highest BCUT2D eigenvalue weighted by Crippen LogP contribution is 2.48. The van der Waals surface area contributed by atoms with Crippen LogP contribution in [0.25, 0.3) is 0 Å². The second-order valence-electron chi connectivity index (χ2n) is 5.27. The topological polar surface area (TPSA) is 64.4 Å². The van der Waals surface area contributed by atoms with Gasteiger partial charge in [-0.15, -0.1) is 0 Å². The van der Waals surface area contributed by atoms with Crippen molar-refractivity contribution in [3.05, 3.63) is 39.9 Å². The highest BCUT2D eigenvalue weighted by molar-refractivity contribution is 5.32. The largest absolute Gasteiger partial charge is 0.385 e. The molecule has 1 aliphatic rings. The first-order valence-corrected chi connectivity index (χ1v) is 6.58. The summed E-state index contributed by atoms with van der Waals surface area (Å²) in [4.78, 5) is 10.2. The van der Waals surface area contributed by atoms with E-state index < -0.39 is 0 Å². The van der Waals surface area contributed by atoms with E-state index in [1.165, 1.54) is 12.8 Å². The van der Waals surface area contributed by atoms with Crippen LogP contribution in [-0.4, -0.2) is 25.2 Å². The van der Waals surface area contributed by atoms with Crippen molar-refractivity contribution < 1.29 is 9.66 Å². The third-order valence-corrected chi connectivity index (χ3v) is 3.77. The smallest absolute Gasteiger partial charge is 0.269 e. The van der Waals surface area contributed by atoms with Crippen molar-refractivity contribution in [2.75, 3.05) is 20.3 Å². The standard InChI is InChI=1S/C14H20N2O3/c1-19-9-8-14(6-7-14)11-15-10-12-2-4-13(5-3-12)16(17)18/h2-5,15H,6-11H2,1H3. The molecule has 0 amide bonds. The first-order valence-electron chi connectivity index (χ1n) is 6.58. The molecule has 0 spiro atoms. The van der Waals surface area contributed by atoms with E-state index >= 15 is 0 Å². The molecule has 0 bridgehead atoms. The average molecular weight is 264 g/mol. The maximum Gasteiger partial charge on any atom is 0.269 e. The Labute approximate surface area is 113 Å². The van der Waals surface area contributed by atoms with Crippen LogP contribution < -0.4 is 5.32 Å². The molecule has 0 saturated heterocycles. The van der Waals surface area contributed by atoms with E-state index in [9.17, 15) is 10.1 Å². The molecule has 1 saturated carbocycles. The van der Waals surface area contributed by atoms with Crippen molar-refractivity contribution in [2.24, 2.45) is 5.41 Å². The lowest BCUT2D eigenvalue weighted by molar-refractivity contribution is -0.384. The summed E-state index contributed by atoms with van der Waals surface area (Å²) in [6.45, 7) is 2.57. The normalized spacial score (nSPS) is 16.3. The van der Waals surface area contributed by atoms with Gasteiger partial charge in [-0.25, -0.2) is 0 Å². The number of ether oxygens (including phenoxy) is 1. The van der Waals surface area contributed by atoms with Gasteiger partial charge < -0.3 is 10.1 Å². The Kier molecular flexibility index (Phi) is 4.50. The Balaban J connectivity index is 1.75. The van der Waals surface area contributed by atoms with Crippen molar-refractivity contribution >= 4 is 5.69 Å². The molecular weight excluding hydrogens is 244 g/mol. The Morgan fingerprint density at radius 1 is 1.37 bits per heavy atom. The monoisotopic (exact) mass is 264 g/mol. The minimum atomic E-state index is -0.374. The van der Waals surface area contributed by atoms with Crippen LogP contribution in [-0.2, 0) is 11.3 Å². The predicted octanol–water partition coefficient (Wildman–Crippen LogP) is 2.50. The molecule has 1 N–H and O–H groups in total. The van der Waals surface area contributed by atoms with Gasteiger partial charge in [0.2, 0.25) is 0 Å². The van der Waals surface area contributed by atoms with Crippen LogP contribution in [0.5, 0.6) is 0 Å². The van der Waals surface area contributed by atoms with Gasteiger partial charge in [0.15, 0.2) is 0 Å². The van der Waals surface area contributed by atoms with Crippen LogP contribution in [0.15, 0.2) is 24.3 Å². The highest BCUT2D eigenvalue weighted by Gasteiger charge is 2.41. The van der Waals surface area contributed by atoms with Crippen molar-refractivity contribution in [1.29, 1.82) is 0 Å². The molecule has 5 heteroatoms. The van der Waals surface area contributed by atoms with E-state index in [1.807, 2.05) is 0 Å². The summed E-state index contributed by atoms with van der Waals surface area (Å²) in [6.07, 6.45) is 3.64. The number of hydrogen-bond donors (Lipinski definition) is 1. The number of methoxy groups -OCH3 is 1. The highest BCUT2D eigenvalue weighted by atomic mass is 16.6. The van der Waals surface area contributed by atoms with Gasteiger partial charge in [0.1, 0.15) is 0 Å². The lowest BCUT2D eigenvalue weighted by Gasteiger charge is -2.15. The molecule has 0 heterocycles. The zero-order valence-corrected chi connectivity index (χ0v) is 11.2. The Hall–Kier alpha value is -1.46. The second-order valence-corrected chi connectivity index (χ2v) is 5.27. The molecule has 19 heavy (non-hydrogen) atoms. The van der Waals surface area contributed by atoms with Crippen LogP contribution >= 0.6 is 0 Å². The number of nitro benzene ring substituents is 1. The number of benzene rings is 1. The Morgan fingerprint density at radius 2 is 2.05 bits per heavy atom. The van der Waals surface area contributed by atoms with Gasteiger partial charge in [0.25, 0.3) is 5.69 Å². The molecule has 104 valence electrons. The SMILES string of the molecule is COCCC1(CNCc2ccc([N+](=O)[O-])cc2)CC1. The fourth-order valence-corrected chi connectivity index (χ4v) is 2.22. The molecular formula is C14H20N2O3. The lowest BCUT2D eigenvalue weighted by atomic mass is 10.0. The van der Waals surface area contributed by atoms with Crippen LogP contribution in [0, 0.1) is 15.5 Å². The van der Waals surface area contributed by atoms with Crippen LogP contribution in [0.1, 0.15) is 24.8 Å². The van der Waals surface area contributed by atoms with Gasteiger partial charge in [0, 0.05) is 38.9 Å². The van der Waals surface area contributed by atoms with Crippen LogP contribution in [0.3, 0.4) is 0 Å². The molecule has 1 fully saturated rings. The van der Waals surface area contributed by atoms with Gasteiger partial charge in [-0.05, 0) is 30.2 Å². The van der Waals surface area contributed by atoms with Gasteiger partial charge >= 0.3 is 0 Å². The summed E-state index contributed by atoms with van der Waals surface area (Å²) in [5, 5.41) is 14.0. The summed E-state index contributed by atoms with van der Waals surface area (Å²) in [7, 11) is 1.74. The van der Waals surface area contributed by atoms with Crippen molar-refractivity contribution in [1.82, 2.24) is 5.32 Å². The van der Waals surface area contributed by atoms with E-state index in [0.29, 0.717) is 5.41 Å². The Morgan fingerprint density at radius 3 is 2.58 bits per heavy atom. The van der Waals surface area contributed by atoms with Gasteiger partial charge in [-0.2, -0.15) is 0 Å². The maximum absolute atomic E-state index is 10.5. The first kappa shape index (κ1) is 14.0. The number of non-ortho nitro benzene ring substituents is 1. The molecule has 0 aliphatic heterocycles. The third kappa shape index (κ3) is 4.01. The number of rotatable bonds is 8. The fraction of sp³-hybridized carbons (Fsp3) is 0.571. The van der Waals surface area contributed by atoms with Crippen molar-refractivity contribution in [3.63, 3.8) is 0 Å². The zero-order valence-electron chi connectivity index (χ0n) is 11.2. The Bertz CT molecular complexity index is 427. The summed E-state index contributed by atoms with van der Waals surface area (Å²) in [5.41, 5.74) is 1.65. The lowest BCUT2D eigenvalue weighted by Crippen LogP contribution is -2.24. The first-order chi connectivity index (χ1) is 9.15. The van der Waals surface area contributed by atoms with E-state index in [0.717, 1.165) is 31.7 Å². The van der Waals surface area contributed by atoms with Crippen LogP contribution in [0.2, 0.25) is 0 Å². The molecule has 0 unspecified atom stereocenters. The van der Waals surface area contributed by atoms with E-state index in [4.69, 9.17) is 4.74 Å². The second kappa shape index (κ2) is 6.12. The number of nitrogens with zero attached hydrogens (tertiary/aromatic N) is 1. The average Bonchev–Trinajstić information content (AvgIpc) is 3.17. The van der Waals surface area contributed by atoms with Gasteiger partial charge in [0.05, 0.1) is 4.92 Å². The van der Waals surface area contributed by atoms with E-state index in [1.54, 1.807) is 31.4 Å². The predicted molar refractivity (Wildman–Crippen MR) is 73.0 cm³/mol. The quantitative estimate of drug-likeness (QED) is 0.578. The molecule has 2 rings (SSSR count).